The van der Waals surface area contributed by atoms with Crippen LogP contribution < -0.4 is 10.1 Å². The van der Waals surface area contributed by atoms with Gasteiger partial charge in [-0.1, -0.05) is 27.5 Å². The molecule has 0 unspecified atom stereocenters. The van der Waals surface area contributed by atoms with Crippen molar-refractivity contribution in [3.8, 4) is 5.75 Å². The molecule has 126 valence electrons. The number of halogens is 2. The van der Waals surface area contributed by atoms with Gasteiger partial charge in [0.25, 0.3) is 5.91 Å². The molecule has 2 rings (SSSR count). The van der Waals surface area contributed by atoms with E-state index in [1.807, 2.05) is 12.1 Å². The lowest BCUT2D eigenvalue weighted by Crippen LogP contribution is -2.20. The van der Waals surface area contributed by atoms with E-state index < -0.39 is 5.97 Å². The third-order valence-electron chi connectivity index (χ3n) is 2.94. The monoisotopic (exact) mass is 411 g/mol. The van der Waals surface area contributed by atoms with Crippen molar-refractivity contribution in [1.29, 1.82) is 0 Å². The van der Waals surface area contributed by atoms with E-state index in [-0.39, 0.29) is 24.1 Å². The second kappa shape index (κ2) is 8.70. The Labute approximate surface area is 153 Å². The lowest BCUT2D eigenvalue weighted by molar-refractivity contribution is -0.118. The highest BCUT2D eigenvalue weighted by molar-refractivity contribution is 9.10. The number of carbonyl (C=O) groups is 2. The van der Waals surface area contributed by atoms with Crippen molar-refractivity contribution in [2.75, 3.05) is 18.5 Å². The van der Waals surface area contributed by atoms with Crippen LogP contribution >= 0.6 is 27.5 Å². The lowest BCUT2D eigenvalue weighted by Gasteiger charge is -2.10. The van der Waals surface area contributed by atoms with Gasteiger partial charge in [0.15, 0.2) is 6.61 Å². The largest absolute Gasteiger partial charge is 0.484 e. The van der Waals surface area contributed by atoms with Gasteiger partial charge in [0.2, 0.25) is 0 Å². The van der Waals surface area contributed by atoms with Crippen molar-refractivity contribution in [3.63, 3.8) is 0 Å². The van der Waals surface area contributed by atoms with E-state index in [9.17, 15) is 9.59 Å². The average Bonchev–Trinajstić information content (AvgIpc) is 2.56. The molecular formula is C17H15BrClNO4. The molecule has 0 fully saturated rings. The van der Waals surface area contributed by atoms with Crippen LogP contribution in [0.5, 0.6) is 5.75 Å². The summed E-state index contributed by atoms with van der Waals surface area (Å²) in [6.07, 6.45) is 0. The predicted molar refractivity (Wildman–Crippen MR) is 95.7 cm³/mol. The topological polar surface area (TPSA) is 64.6 Å². The Balaban J connectivity index is 1.93. The van der Waals surface area contributed by atoms with Gasteiger partial charge in [-0.05, 0) is 49.4 Å². The van der Waals surface area contributed by atoms with Crippen LogP contribution in [-0.4, -0.2) is 25.1 Å². The Morgan fingerprint density at radius 1 is 1.17 bits per heavy atom. The number of rotatable bonds is 6. The first-order valence-corrected chi connectivity index (χ1v) is 8.31. The van der Waals surface area contributed by atoms with Gasteiger partial charge in [0.1, 0.15) is 5.75 Å². The van der Waals surface area contributed by atoms with Crippen LogP contribution in [0.4, 0.5) is 5.69 Å². The summed E-state index contributed by atoms with van der Waals surface area (Å²) in [6, 6.07) is 11.7. The number of ether oxygens (including phenoxy) is 2. The van der Waals surface area contributed by atoms with Crippen LogP contribution in [0.3, 0.4) is 0 Å². The molecular weight excluding hydrogens is 398 g/mol. The number of hydrogen-bond donors (Lipinski definition) is 1. The second-order valence-corrected chi connectivity index (χ2v) is 6.03. The molecule has 0 aliphatic carbocycles. The summed E-state index contributed by atoms with van der Waals surface area (Å²) in [7, 11) is 0. The minimum Gasteiger partial charge on any atom is -0.484 e. The van der Waals surface area contributed by atoms with Crippen LogP contribution in [0, 0.1) is 0 Å². The summed E-state index contributed by atoms with van der Waals surface area (Å²) in [5.41, 5.74) is 0.722. The number of nitrogens with one attached hydrogen (secondary N) is 1. The molecule has 0 saturated heterocycles. The Morgan fingerprint density at radius 2 is 1.88 bits per heavy atom. The third-order valence-corrected chi connectivity index (χ3v) is 3.78. The molecule has 1 amide bonds. The van der Waals surface area contributed by atoms with Crippen LogP contribution in [0.25, 0.3) is 0 Å². The summed E-state index contributed by atoms with van der Waals surface area (Å²) >= 11 is 9.40. The first-order chi connectivity index (χ1) is 11.5. The van der Waals surface area contributed by atoms with Crippen LogP contribution in [0.1, 0.15) is 17.3 Å². The number of benzene rings is 2. The van der Waals surface area contributed by atoms with Gasteiger partial charge in [-0.3, -0.25) is 4.79 Å². The van der Waals surface area contributed by atoms with Crippen molar-refractivity contribution >= 4 is 45.1 Å². The van der Waals surface area contributed by atoms with Gasteiger partial charge in [-0.2, -0.15) is 0 Å². The van der Waals surface area contributed by atoms with Gasteiger partial charge in [-0.15, -0.1) is 0 Å². The Kier molecular flexibility index (Phi) is 6.63. The van der Waals surface area contributed by atoms with E-state index >= 15 is 0 Å². The zero-order valence-electron chi connectivity index (χ0n) is 12.8. The molecule has 2 aromatic carbocycles. The zero-order chi connectivity index (χ0) is 17.5. The van der Waals surface area contributed by atoms with E-state index in [1.54, 1.807) is 25.1 Å². The van der Waals surface area contributed by atoms with Gasteiger partial charge in [-0.25, -0.2) is 4.79 Å². The Morgan fingerprint density at radius 3 is 2.50 bits per heavy atom. The van der Waals surface area contributed by atoms with E-state index in [0.717, 1.165) is 4.47 Å². The number of amides is 1. The van der Waals surface area contributed by atoms with E-state index in [1.165, 1.54) is 12.1 Å². The molecule has 0 aromatic heterocycles. The first-order valence-electron chi connectivity index (χ1n) is 7.14. The standard InChI is InChI=1S/C17H15BrClNO4/c1-2-23-17(22)11-3-8-15(14(19)9-11)20-16(21)10-24-13-6-4-12(18)5-7-13/h3-9H,2,10H2,1H3,(H,20,21). The summed E-state index contributed by atoms with van der Waals surface area (Å²) < 4.78 is 11.2. The molecule has 0 aliphatic rings. The summed E-state index contributed by atoms with van der Waals surface area (Å²) in [5, 5.41) is 2.88. The molecule has 0 aliphatic heterocycles. The minimum atomic E-state index is -0.462. The molecule has 24 heavy (non-hydrogen) atoms. The fraction of sp³-hybridized carbons (Fsp3) is 0.176. The van der Waals surface area contributed by atoms with Crippen molar-refractivity contribution in [2.24, 2.45) is 0 Å². The predicted octanol–water partition coefficient (Wildman–Crippen LogP) is 4.30. The van der Waals surface area contributed by atoms with E-state index in [4.69, 9.17) is 21.1 Å². The maximum Gasteiger partial charge on any atom is 0.338 e. The van der Waals surface area contributed by atoms with Gasteiger partial charge in [0, 0.05) is 4.47 Å². The fourth-order valence-electron chi connectivity index (χ4n) is 1.82. The van der Waals surface area contributed by atoms with Gasteiger partial charge >= 0.3 is 5.97 Å². The fourth-order valence-corrected chi connectivity index (χ4v) is 2.32. The highest BCUT2D eigenvalue weighted by Gasteiger charge is 2.11. The van der Waals surface area contributed by atoms with Crippen LogP contribution in [0.2, 0.25) is 5.02 Å². The van der Waals surface area contributed by atoms with Crippen molar-refractivity contribution < 1.29 is 19.1 Å². The Bertz CT molecular complexity index is 734. The molecule has 0 saturated carbocycles. The lowest BCUT2D eigenvalue weighted by atomic mass is 10.2. The highest BCUT2D eigenvalue weighted by Crippen LogP contribution is 2.23. The van der Waals surface area contributed by atoms with Gasteiger partial charge < -0.3 is 14.8 Å². The molecule has 0 radical (unpaired) electrons. The number of hydrogen-bond acceptors (Lipinski definition) is 4. The van der Waals surface area contributed by atoms with Crippen molar-refractivity contribution in [2.45, 2.75) is 6.92 Å². The molecule has 7 heteroatoms. The van der Waals surface area contributed by atoms with Crippen LogP contribution in [0.15, 0.2) is 46.9 Å². The molecule has 2 aromatic rings. The zero-order valence-corrected chi connectivity index (χ0v) is 15.2. The smallest absolute Gasteiger partial charge is 0.338 e. The van der Waals surface area contributed by atoms with Crippen molar-refractivity contribution in [1.82, 2.24) is 0 Å². The molecule has 0 atom stereocenters. The number of esters is 1. The quantitative estimate of drug-likeness (QED) is 0.719. The van der Waals surface area contributed by atoms with Crippen molar-refractivity contribution in [3.05, 3.63) is 57.5 Å². The second-order valence-electron chi connectivity index (χ2n) is 4.71. The molecule has 1 N–H and O–H groups in total. The normalized spacial score (nSPS) is 10.1. The molecule has 5 nitrogen and oxygen atoms in total. The maximum atomic E-state index is 11.9. The first kappa shape index (κ1) is 18.3. The van der Waals surface area contributed by atoms with Gasteiger partial charge in [0.05, 0.1) is 22.9 Å². The summed E-state index contributed by atoms with van der Waals surface area (Å²) in [6.45, 7) is 1.85. The maximum absolute atomic E-state index is 11.9. The SMILES string of the molecule is CCOC(=O)c1ccc(NC(=O)COc2ccc(Br)cc2)c(Cl)c1. The van der Waals surface area contributed by atoms with E-state index in [0.29, 0.717) is 17.0 Å². The number of anilines is 1. The molecule has 0 bridgehead atoms. The highest BCUT2D eigenvalue weighted by atomic mass is 79.9. The summed E-state index contributed by atoms with van der Waals surface area (Å²) in [4.78, 5) is 23.6. The third kappa shape index (κ3) is 5.25. The van der Waals surface area contributed by atoms with E-state index in [2.05, 4.69) is 21.2 Å². The molecule has 0 spiro atoms. The minimum absolute atomic E-state index is 0.155. The Hall–Kier alpha value is -2.05. The van der Waals surface area contributed by atoms with Crippen LogP contribution in [-0.2, 0) is 9.53 Å². The number of carbonyl (C=O) groups excluding carboxylic acids is 2. The summed E-state index contributed by atoms with van der Waals surface area (Å²) in [5.74, 6) is -0.239. The molecule has 0 heterocycles. The average molecular weight is 413 g/mol.